The Labute approximate surface area is 363 Å². The molecule has 5 nitrogen and oxygen atoms in total. The number of furan rings is 1. The smallest absolute Gasteiger partial charge is 0.220 e. The van der Waals surface area contributed by atoms with Crippen LogP contribution < -0.4 is 4.90 Å². The number of benzene rings is 8. The molecular formula is C58H38N4O. The van der Waals surface area contributed by atoms with Gasteiger partial charge in [-0.15, -0.1) is 0 Å². The first kappa shape index (κ1) is 34.6. The SMILES string of the molecule is C1=CC2=C(CC1)C1(c3ccccc32)c2ccccc2-c2cccc(C=CN(c3ccc4c(c3)oc3ccccc34)c3ccc4c(c3)n3c5ccccc5nc3n4-c3ccccc3)c21. The van der Waals surface area contributed by atoms with Crippen LogP contribution in [-0.4, -0.2) is 14.0 Å². The van der Waals surface area contributed by atoms with Gasteiger partial charge in [-0.2, -0.15) is 0 Å². The second-order valence-electron chi connectivity index (χ2n) is 17.0. The maximum absolute atomic E-state index is 6.53. The molecule has 11 aromatic rings. The van der Waals surface area contributed by atoms with Gasteiger partial charge in [0.25, 0.3) is 0 Å². The minimum absolute atomic E-state index is 0.380. The molecule has 0 bridgehead atoms. The molecule has 1 atom stereocenters. The van der Waals surface area contributed by atoms with Crippen molar-refractivity contribution in [2.75, 3.05) is 4.90 Å². The van der Waals surface area contributed by atoms with E-state index in [0.29, 0.717) is 0 Å². The molecule has 0 saturated carbocycles. The van der Waals surface area contributed by atoms with Gasteiger partial charge in [-0.1, -0.05) is 127 Å². The minimum atomic E-state index is -0.380. The molecule has 3 aromatic heterocycles. The number of rotatable bonds is 5. The van der Waals surface area contributed by atoms with Crippen LogP contribution in [0.15, 0.2) is 210 Å². The van der Waals surface area contributed by atoms with Gasteiger partial charge < -0.3 is 9.32 Å². The lowest BCUT2D eigenvalue weighted by molar-refractivity contribution is 0.669. The Hall–Kier alpha value is -8.15. The molecule has 3 heterocycles. The number of allylic oxidation sites excluding steroid dienone is 4. The standard InChI is InChI=1S/C58H38N4O/c1-2-16-38(17-3-1)61-52-32-30-39(35-53(52)62-51-27-12-11-26-50(51)59-57(61)62)60(40-29-31-45-44-21-7-13-28-54(44)63-55(45)36-40)34-33-37-15-14-22-46-43-20-6-10-25-49(43)58(56(37)46)47-23-8-4-18-41(47)42-19-5-9-24-48(42)58/h1-8,10-23,25-36H,9,24H2. The Bertz CT molecular complexity index is 3820. The van der Waals surface area contributed by atoms with E-state index < -0.39 is 0 Å². The lowest BCUT2D eigenvalue weighted by Crippen LogP contribution is -2.28. The van der Waals surface area contributed by atoms with Gasteiger partial charge in [0.05, 0.1) is 27.5 Å². The number of aromatic nitrogens is 3. The van der Waals surface area contributed by atoms with Crippen LogP contribution in [0.25, 0.3) is 78.2 Å². The summed E-state index contributed by atoms with van der Waals surface area (Å²) in [6, 6.07) is 65.8. The highest BCUT2D eigenvalue weighted by Gasteiger charge is 2.53. The normalized spacial score (nSPS) is 16.3. The van der Waals surface area contributed by atoms with Crippen molar-refractivity contribution in [3.05, 3.63) is 234 Å². The van der Waals surface area contributed by atoms with Crippen LogP contribution in [0.3, 0.4) is 0 Å². The summed E-state index contributed by atoms with van der Waals surface area (Å²) in [5, 5.41) is 2.22. The van der Waals surface area contributed by atoms with E-state index in [4.69, 9.17) is 9.40 Å². The van der Waals surface area contributed by atoms with E-state index in [9.17, 15) is 0 Å². The third-order valence-corrected chi connectivity index (χ3v) is 13.9. The average molecular weight is 807 g/mol. The highest BCUT2D eigenvalue weighted by atomic mass is 16.3. The van der Waals surface area contributed by atoms with E-state index in [1.165, 1.54) is 50.1 Å². The maximum atomic E-state index is 6.53. The second-order valence-corrected chi connectivity index (χ2v) is 17.0. The summed E-state index contributed by atoms with van der Waals surface area (Å²) in [5.41, 5.74) is 20.8. The molecule has 63 heavy (non-hydrogen) atoms. The van der Waals surface area contributed by atoms with E-state index in [1.807, 2.05) is 12.1 Å². The predicted molar refractivity (Wildman–Crippen MR) is 258 cm³/mol. The molecule has 0 aliphatic heterocycles. The Balaban J connectivity index is 1.01. The van der Waals surface area contributed by atoms with E-state index in [0.717, 1.165) is 79.7 Å². The Morgan fingerprint density at radius 2 is 1.32 bits per heavy atom. The molecule has 1 unspecified atom stereocenters. The highest BCUT2D eigenvalue weighted by molar-refractivity contribution is 6.06. The van der Waals surface area contributed by atoms with Crippen LogP contribution in [0.4, 0.5) is 11.4 Å². The molecule has 0 radical (unpaired) electrons. The van der Waals surface area contributed by atoms with Crippen LogP contribution in [0.1, 0.15) is 40.7 Å². The molecule has 0 saturated heterocycles. The average Bonchev–Trinajstić information content (AvgIpc) is 4.13. The van der Waals surface area contributed by atoms with Crippen molar-refractivity contribution in [2.24, 2.45) is 0 Å². The van der Waals surface area contributed by atoms with Gasteiger partial charge in [0.1, 0.15) is 11.2 Å². The van der Waals surface area contributed by atoms with Crippen LogP contribution in [0, 0.1) is 0 Å². The summed E-state index contributed by atoms with van der Waals surface area (Å²) in [7, 11) is 0. The Morgan fingerprint density at radius 1 is 0.587 bits per heavy atom. The molecule has 0 amide bonds. The van der Waals surface area contributed by atoms with Gasteiger partial charge in [-0.3, -0.25) is 8.97 Å². The van der Waals surface area contributed by atoms with Crippen LogP contribution in [-0.2, 0) is 5.41 Å². The predicted octanol–water partition coefficient (Wildman–Crippen LogP) is 14.6. The quantitative estimate of drug-likeness (QED) is 0.174. The zero-order valence-electron chi connectivity index (χ0n) is 34.2. The summed E-state index contributed by atoms with van der Waals surface area (Å²) >= 11 is 0. The third kappa shape index (κ3) is 4.68. The minimum Gasteiger partial charge on any atom is -0.456 e. The molecule has 14 rings (SSSR count). The fourth-order valence-electron chi connectivity index (χ4n) is 11.3. The maximum Gasteiger partial charge on any atom is 0.220 e. The lowest BCUT2D eigenvalue weighted by atomic mass is 9.67. The third-order valence-electron chi connectivity index (χ3n) is 13.9. The van der Waals surface area contributed by atoms with E-state index in [-0.39, 0.29) is 5.41 Å². The molecular weight excluding hydrogens is 769 g/mol. The van der Waals surface area contributed by atoms with Crippen molar-refractivity contribution in [2.45, 2.75) is 18.3 Å². The summed E-state index contributed by atoms with van der Waals surface area (Å²) in [6.07, 6.45) is 11.4. The zero-order valence-corrected chi connectivity index (χ0v) is 34.2. The van der Waals surface area contributed by atoms with Crippen molar-refractivity contribution in [3.8, 4) is 16.8 Å². The van der Waals surface area contributed by atoms with Crippen LogP contribution >= 0.6 is 0 Å². The molecule has 0 N–H and O–H groups in total. The first-order chi connectivity index (χ1) is 31.3. The first-order valence-corrected chi connectivity index (χ1v) is 21.8. The van der Waals surface area contributed by atoms with Crippen LogP contribution in [0.2, 0.25) is 0 Å². The highest BCUT2D eigenvalue weighted by Crippen LogP contribution is 2.64. The number of para-hydroxylation sites is 4. The topological polar surface area (TPSA) is 38.6 Å². The fraction of sp³-hybridized carbons (Fsp3) is 0.0517. The molecule has 3 aliphatic carbocycles. The number of hydrogen-bond donors (Lipinski definition) is 0. The van der Waals surface area contributed by atoms with Gasteiger partial charge in [0.15, 0.2) is 0 Å². The van der Waals surface area contributed by atoms with Gasteiger partial charge >= 0.3 is 0 Å². The monoisotopic (exact) mass is 806 g/mol. The number of anilines is 2. The molecule has 1 spiro atoms. The first-order valence-electron chi connectivity index (χ1n) is 21.8. The number of imidazole rings is 2. The van der Waals surface area contributed by atoms with Crippen molar-refractivity contribution in [1.82, 2.24) is 14.0 Å². The summed E-state index contributed by atoms with van der Waals surface area (Å²) in [4.78, 5) is 7.52. The molecule has 8 aromatic carbocycles. The fourth-order valence-corrected chi connectivity index (χ4v) is 11.3. The summed E-state index contributed by atoms with van der Waals surface area (Å²) in [6.45, 7) is 0. The molecule has 3 aliphatic rings. The van der Waals surface area contributed by atoms with E-state index >= 15 is 0 Å². The van der Waals surface area contributed by atoms with Crippen molar-refractivity contribution < 1.29 is 4.42 Å². The molecule has 5 heteroatoms. The van der Waals surface area contributed by atoms with Gasteiger partial charge in [0, 0.05) is 40.1 Å². The largest absolute Gasteiger partial charge is 0.456 e. The number of fused-ring (bicyclic) bond motifs is 17. The Kier molecular flexibility index (Phi) is 7.09. The Morgan fingerprint density at radius 3 is 2.24 bits per heavy atom. The number of nitrogens with zero attached hydrogens (tertiary/aromatic N) is 4. The van der Waals surface area contributed by atoms with Gasteiger partial charge in [-0.25, -0.2) is 4.98 Å². The zero-order chi connectivity index (χ0) is 41.2. The van der Waals surface area contributed by atoms with E-state index in [1.54, 1.807) is 0 Å². The molecule has 0 fully saturated rings. The lowest BCUT2D eigenvalue weighted by Gasteiger charge is -2.34. The van der Waals surface area contributed by atoms with Crippen molar-refractivity contribution in [3.63, 3.8) is 0 Å². The van der Waals surface area contributed by atoms with Crippen molar-refractivity contribution in [1.29, 1.82) is 0 Å². The summed E-state index contributed by atoms with van der Waals surface area (Å²) in [5.74, 6) is 0.883. The van der Waals surface area contributed by atoms with Gasteiger partial charge in [0.2, 0.25) is 5.78 Å². The van der Waals surface area contributed by atoms with E-state index in [2.05, 4.69) is 208 Å². The number of hydrogen-bond acceptors (Lipinski definition) is 3. The molecule has 296 valence electrons. The summed E-state index contributed by atoms with van der Waals surface area (Å²) < 4.78 is 11.1. The van der Waals surface area contributed by atoms with Crippen molar-refractivity contribution >= 4 is 72.8 Å². The second kappa shape index (κ2) is 12.9. The van der Waals surface area contributed by atoms with Crippen LogP contribution in [0.5, 0.6) is 0 Å². The van der Waals surface area contributed by atoms with Gasteiger partial charge in [-0.05, 0) is 130 Å².